The molecule has 8 nitrogen and oxygen atoms in total. The highest BCUT2D eigenvalue weighted by Crippen LogP contribution is 2.23. The van der Waals surface area contributed by atoms with Gasteiger partial charge in [-0.3, -0.25) is 20.2 Å². The highest BCUT2D eigenvalue weighted by molar-refractivity contribution is 7.91. The van der Waals surface area contributed by atoms with Crippen LogP contribution < -0.4 is 0 Å². The smallest absolute Gasteiger partial charge is 0.251 e. The van der Waals surface area contributed by atoms with Gasteiger partial charge >= 0.3 is 0 Å². The Kier molecular flexibility index (Phi) is 5.81. The van der Waals surface area contributed by atoms with Gasteiger partial charge in [0.05, 0.1) is 0 Å². The van der Waals surface area contributed by atoms with Crippen LogP contribution in [0.25, 0.3) is 0 Å². The molecule has 2 rings (SSSR count). The number of hydrogen-bond acceptors (Lipinski definition) is 6. The van der Waals surface area contributed by atoms with Gasteiger partial charge in [-0.15, -0.1) is 0 Å². The predicted molar refractivity (Wildman–Crippen MR) is 91.0 cm³/mol. The minimum atomic E-state index is -4.05. The van der Waals surface area contributed by atoms with E-state index in [0.717, 1.165) is 0 Å². The van der Waals surface area contributed by atoms with Gasteiger partial charge in [-0.05, 0) is 0 Å². The van der Waals surface area contributed by atoms with Crippen molar-refractivity contribution in [1.82, 2.24) is 0 Å². The minimum Gasteiger partial charge on any atom is -0.264 e. The van der Waals surface area contributed by atoms with Crippen LogP contribution in [0.3, 0.4) is 0 Å². The molecular formula is C16H16N2O6S. The lowest BCUT2D eigenvalue weighted by atomic mass is 10.1. The molecule has 0 saturated carbocycles. The van der Waals surface area contributed by atoms with Gasteiger partial charge in [0.15, 0.2) is 9.84 Å². The molecule has 2 atom stereocenters. The van der Waals surface area contributed by atoms with E-state index in [1.165, 1.54) is 24.3 Å². The van der Waals surface area contributed by atoms with E-state index in [2.05, 4.69) is 0 Å². The topological polar surface area (TPSA) is 120 Å². The Balaban J connectivity index is 2.24. The van der Waals surface area contributed by atoms with Crippen molar-refractivity contribution >= 4 is 9.84 Å². The van der Waals surface area contributed by atoms with Crippen molar-refractivity contribution in [2.45, 2.75) is 12.1 Å². The summed E-state index contributed by atoms with van der Waals surface area (Å²) in [6.07, 6.45) is 0. The molecule has 0 bridgehead atoms. The zero-order valence-electron chi connectivity index (χ0n) is 13.1. The lowest BCUT2D eigenvalue weighted by Gasteiger charge is -2.13. The van der Waals surface area contributed by atoms with Crippen molar-refractivity contribution < 1.29 is 18.3 Å². The molecule has 0 saturated heterocycles. The molecule has 0 amide bonds. The summed E-state index contributed by atoms with van der Waals surface area (Å²) >= 11 is 0. The van der Waals surface area contributed by atoms with Gasteiger partial charge in [-0.1, -0.05) is 60.7 Å². The molecule has 9 heteroatoms. The summed E-state index contributed by atoms with van der Waals surface area (Å²) in [5, 5.41) is 22.5. The summed E-state index contributed by atoms with van der Waals surface area (Å²) in [7, 11) is -4.05. The second-order valence-corrected chi connectivity index (χ2v) is 7.65. The van der Waals surface area contributed by atoms with E-state index in [4.69, 9.17) is 0 Å². The first kappa shape index (κ1) is 18.5. The first-order valence-electron chi connectivity index (χ1n) is 7.37. The number of sulfone groups is 1. The zero-order chi connectivity index (χ0) is 18.4. The third kappa shape index (κ3) is 5.08. The summed E-state index contributed by atoms with van der Waals surface area (Å²) in [4.78, 5) is 21.2. The molecular weight excluding hydrogens is 348 g/mol. The Morgan fingerprint density at radius 3 is 1.32 bits per heavy atom. The third-order valence-corrected chi connectivity index (χ3v) is 5.35. The predicted octanol–water partition coefficient (Wildman–Crippen LogP) is 2.44. The number of nitro groups is 2. The van der Waals surface area contributed by atoms with Gasteiger partial charge in [0.25, 0.3) is 12.1 Å². The fourth-order valence-electron chi connectivity index (χ4n) is 2.46. The number of hydrogen-bond donors (Lipinski definition) is 0. The van der Waals surface area contributed by atoms with E-state index in [1.54, 1.807) is 36.4 Å². The average molecular weight is 364 g/mol. The van der Waals surface area contributed by atoms with Crippen LogP contribution in [0.4, 0.5) is 0 Å². The van der Waals surface area contributed by atoms with E-state index >= 15 is 0 Å². The summed E-state index contributed by atoms with van der Waals surface area (Å²) < 4.78 is 24.8. The van der Waals surface area contributed by atoms with Crippen molar-refractivity contribution in [2.24, 2.45) is 0 Å². The highest BCUT2D eigenvalue weighted by atomic mass is 32.2. The minimum absolute atomic E-state index is 0.244. The average Bonchev–Trinajstić information content (AvgIpc) is 2.59. The molecule has 132 valence electrons. The van der Waals surface area contributed by atoms with Crippen LogP contribution in [0.15, 0.2) is 60.7 Å². The molecule has 2 aromatic carbocycles. The molecule has 0 N–H and O–H groups in total. The molecule has 25 heavy (non-hydrogen) atoms. The Bertz CT molecular complexity index is 774. The van der Waals surface area contributed by atoms with E-state index in [1.807, 2.05) is 0 Å². The van der Waals surface area contributed by atoms with Crippen molar-refractivity contribution in [3.63, 3.8) is 0 Å². The second kappa shape index (κ2) is 7.84. The molecule has 0 heterocycles. The van der Waals surface area contributed by atoms with Crippen LogP contribution in [0.2, 0.25) is 0 Å². The molecule has 0 aliphatic heterocycles. The summed E-state index contributed by atoms with van der Waals surface area (Å²) in [5.74, 6) is -1.58. The number of rotatable bonds is 8. The molecule has 0 fully saturated rings. The first-order chi connectivity index (χ1) is 11.8. The maximum Gasteiger partial charge on any atom is 0.251 e. The summed E-state index contributed by atoms with van der Waals surface area (Å²) in [5.41, 5.74) is 0.488. The monoisotopic (exact) mass is 364 g/mol. The second-order valence-electron chi connectivity index (χ2n) is 5.50. The normalized spacial score (nSPS) is 13.8. The molecule has 0 aliphatic rings. The summed E-state index contributed by atoms with van der Waals surface area (Å²) in [6, 6.07) is 12.5. The maximum atomic E-state index is 12.4. The van der Waals surface area contributed by atoms with Gasteiger partial charge in [0.1, 0.15) is 11.5 Å². The van der Waals surface area contributed by atoms with E-state index in [0.29, 0.717) is 0 Å². The third-order valence-electron chi connectivity index (χ3n) is 3.70. The lowest BCUT2D eigenvalue weighted by Crippen LogP contribution is -2.28. The number of nitrogens with zero attached hydrogens (tertiary/aromatic N) is 2. The molecule has 0 aliphatic carbocycles. The lowest BCUT2D eigenvalue weighted by molar-refractivity contribution is -0.524. The molecule has 2 unspecified atom stereocenters. The number of benzene rings is 2. The molecule has 0 aromatic heterocycles. The van der Waals surface area contributed by atoms with Crippen molar-refractivity contribution in [3.05, 3.63) is 92.0 Å². The van der Waals surface area contributed by atoms with Crippen LogP contribution in [-0.4, -0.2) is 29.8 Å². The largest absolute Gasteiger partial charge is 0.264 e. The molecule has 2 aromatic rings. The molecule has 0 spiro atoms. The Morgan fingerprint density at radius 2 is 1.04 bits per heavy atom. The Labute approximate surface area is 144 Å². The van der Waals surface area contributed by atoms with Crippen molar-refractivity contribution in [2.75, 3.05) is 11.5 Å². The fourth-order valence-corrected chi connectivity index (χ4v) is 4.18. The van der Waals surface area contributed by atoms with E-state index < -0.39 is 43.3 Å². The Morgan fingerprint density at radius 1 is 0.720 bits per heavy atom. The van der Waals surface area contributed by atoms with E-state index in [-0.39, 0.29) is 11.1 Å². The maximum absolute atomic E-state index is 12.4. The van der Waals surface area contributed by atoms with Crippen molar-refractivity contribution in [3.8, 4) is 0 Å². The van der Waals surface area contributed by atoms with Gasteiger partial charge in [0, 0.05) is 21.0 Å². The first-order valence-corrected chi connectivity index (χ1v) is 9.19. The van der Waals surface area contributed by atoms with Crippen LogP contribution in [-0.2, 0) is 9.84 Å². The molecule has 0 radical (unpaired) electrons. The fraction of sp³-hybridized carbons (Fsp3) is 0.250. The van der Waals surface area contributed by atoms with Crippen LogP contribution >= 0.6 is 0 Å². The van der Waals surface area contributed by atoms with Gasteiger partial charge in [0.2, 0.25) is 0 Å². The van der Waals surface area contributed by atoms with Gasteiger partial charge in [-0.25, -0.2) is 8.42 Å². The van der Waals surface area contributed by atoms with Crippen molar-refractivity contribution in [1.29, 1.82) is 0 Å². The van der Waals surface area contributed by atoms with E-state index in [9.17, 15) is 28.6 Å². The summed E-state index contributed by atoms with van der Waals surface area (Å²) in [6.45, 7) is 0. The highest BCUT2D eigenvalue weighted by Gasteiger charge is 2.35. The quantitative estimate of drug-likeness (QED) is 0.524. The standard InChI is InChI=1S/C16H16N2O6S/c19-17(20)15(13-7-3-1-4-8-13)11-25(23,24)12-16(18(21)22)14-9-5-2-6-10-14/h1-10,15-16H,11-12H2. The zero-order valence-corrected chi connectivity index (χ0v) is 13.9. The van der Waals surface area contributed by atoms with Crippen LogP contribution in [0, 0.1) is 20.2 Å². The SMILES string of the molecule is O=[N+]([O-])C(CS(=O)(=O)CC(c1ccccc1)[N+](=O)[O-])c1ccccc1. The van der Waals surface area contributed by atoms with Gasteiger partial charge < -0.3 is 0 Å². The van der Waals surface area contributed by atoms with Gasteiger partial charge in [-0.2, -0.15) is 0 Å². The van der Waals surface area contributed by atoms with Crippen LogP contribution in [0.1, 0.15) is 23.2 Å². The Hall–Kier alpha value is -2.81. The van der Waals surface area contributed by atoms with Crippen LogP contribution in [0.5, 0.6) is 0 Å².